The van der Waals surface area contributed by atoms with E-state index in [-0.39, 0.29) is 5.25 Å². The fraction of sp³-hybridized carbons (Fsp3) is 0.280. The van der Waals surface area contributed by atoms with Crippen LogP contribution in [0.2, 0.25) is 0 Å². The molecule has 1 aliphatic rings. The first-order chi connectivity index (χ1) is 15.2. The van der Waals surface area contributed by atoms with Crippen LogP contribution in [-0.4, -0.2) is 32.5 Å². The molecule has 0 amide bonds. The molecule has 0 bridgehead atoms. The molecule has 1 aliphatic heterocycles. The summed E-state index contributed by atoms with van der Waals surface area (Å²) in [7, 11) is 4.83. The molecule has 0 unspecified atom stereocenters. The zero-order valence-corrected chi connectivity index (χ0v) is 18.6. The molecule has 162 valence electrons. The number of thioether (sulfide) groups is 1. The minimum atomic E-state index is -0.743. The van der Waals surface area contributed by atoms with E-state index < -0.39 is 12.2 Å². The van der Waals surface area contributed by atoms with E-state index >= 15 is 0 Å². The lowest BCUT2D eigenvalue weighted by atomic mass is 9.93. The van der Waals surface area contributed by atoms with E-state index in [0.717, 1.165) is 22.6 Å². The topological polar surface area (TPSA) is 57.2 Å². The molecular weight excluding hydrogens is 412 g/mol. The number of aliphatic hydroxyl groups is 1. The molecule has 31 heavy (non-hydrogen) atoms. The van der Waals surface area contributed by atoms with Crippen molar-refractivity contribution < 1.29 is 24.1 Å². The molecule has 0 aliphatic carbocycles. The normalized spacial score (nSPS) is 19.8. The van der Waals surface area contributed by atoms with Crippen molar-refractivity contribution in [3.8, 4) is 23.0 Å². The number of hydrogen-bond acceptors (Lipinski definition) is 6. The number of fused-ring (bicyclic) bond motifs is 1. The molecule has 3 aromatic carbocycles. The third-order valence-corrected chi connectivity index (χ3v) is 6.81. The Hall–Kier alpha value is -2.83. The molecule has 0 saturated carbocycles. The molecular formula is C25H26O5S. The fourth-order valence-electron chi connectivity index (χ4n) is 3.81. The second-order valence-corrected chi connectivity index (χ2v) is 8.37. The Balaban J connectivity index is 1.73. The summed E-state index contributed by atoms with van der Waals surface area (Å²) in [5.41, 5.74) is 2.97. The lowest BCUT2D eigenvalue weighted by molar-refractivity contribution is 0.0164. The number of ether oxygens (including phenoxy) is 4. The molecule has 0 radical (unpaired) electrons. The number of hydrogen-bond donors (Lipinski definition) is 1. The molecule has 1 N–H and O–H groups in total. The van der Waals surface area contributed by atoms with Crippen molar-refractivity contribution in [1.82, 2.24) is 0 Å². The minimum absolute atomic E-state index is 0.198. The zero-order valence-electron chi connectivity index (χ0n) is 17.8. The van der Waals surface area contributed by atoms with Gasteiger partial charge < -0.3 is 24.1 Å². The van der Waals surface area contributed by atoms with Crippen molar-refractivity contribution >= 4 is 11.8 Å². The number of benzene rings is 3. The summed E-state index contributed by atoms with van der Waals surface area (Å²) in [5, 5.41) is 11.2. The number of rotatable bonds is 7. The van der Waals surface area contributed by atoms with Crippen LogP contribution in [0.3, 0.4) is 0 Å². The Morgan fingerprint density at radius 1 is 0.871 bits per heavy atom. The van der Waals surface area contributed by atoms with Crippen molar-refractivity contribution in [3.63, 3.8) is 0 Å². The lowest BCUT2D eigenvalue weighted by Gasteiger charge is -2.37. The Bertz CT molecular complexity index is 1010. The van der Waals surface area contributed by atoms with Gasteiger partial charge in [0.05, 0.1) is 26.6 Å². The number of aliphatic hydroxyl groups excluding tert-OH is 1. The second kappa shape index (κ2) is 9.54. The van der Waals surface area contributed by atoms with Gasteiger partial charge in [-0.25, -0.2) is 0 Å². The summed E-state index contributed by atoms with van der Waals surface area (Å²) < 4.78 is 22.7. The molecule has 6 heteroatoms. The van der Waals surface area contributed by atoms with Gasteiger partial charge in [0.25, 0.3) is 0 Å². The van der Waals surface area contributed by atoms with Gasteiger partial charge in [-0.15, -0.1) is 11.8 Å². The van der Waals surface area contributed by atoms with E-state index in [2.05, 4.69) is 12.1 Å². The van der Waals surface area contributed by atoms with E-state index in [9.17, 15) is 5.11 Å². The summed E-state index contributed by atoms with van der Waals surface area (Å²) >= 11 is 1.69. The highest BCUT2D eigenvalue weighted by Crippen LogP contribution is 2.54. The molecule has 0 fully saturated rings. The first-order valence-electron chi connectivity index (χ1n) is 10.0. The quantitative estimate of drug-likeness (QED) is 0.548. The maximum Gasteiger partial charge on any atom is 0.203 e. The van der Waals surface area contributed by atoms with Crippen LogP contribution in [0, 0.1) is 0 Å². The first-order valence-corrected chi connectivity index (χ1v) is 11.1. The van der Waals surface area contributed by atoms with Crippen molar-refractivity contribution in [2.24, 2.45) is 0 Å². The summed E-state index contributed by atoms with van der Waals surface area (Å²) in [5.74, 6) is 3.27. The third kappa shape index (κ3) is 4.31. The predicted molar refractivity (Wildman–Crippen MR) is 122 cm³/mol. The highest BCUT2D eigenvalue weighted by Gasteiger charge is 2.40. The van der Waals surface area contributed by atoms with Gasteiger partial charge in [0, 0.05) is 11.3 Å². The van der Waals surface area contributed by atoms with E-state index in [1.807, 2.05) is 54.6 Å². The summed E-state index contributed by atoms with van der Waals surface area (Å²) in [4.78, 5) is 0. The van der Waals surface area contributed by atoms with Gasteiger partial charge in [0.15, 0.2) is 17.6 Å². The van der Waals surface area contributed by atoms with Gasteiger partial charge in [0.2, 0.25) is 5.75 Å². The van der Waals surface area contributed by atoms with Crippen LogP contribution in [0.1, 0.15) is 28.0 Å². The van der Waals surface area contributed by atoms with Crippen LogP contribution in [0.25, 0.3) is 0 Å². The molecule has 0 saturated heterocycles. The predicted octanol–water partition coefficient (Wildman–Crippen LogP) is 5.18. The van der Waals surface area contributed by atoms with E-state index in [1.165, 1.54) is 5.56 Å². The molecule has 3 atom stereocenters. The Labute approximate surface area is 186 Å². The smallest absolute Gasteiger partial charge is 0.203 e. The molecule has 1 heterocycles. The van der Waals surface area contributed by atoms with Crippen molar-refractivity contribution in [1.29, 1.82) is 0 Å². The summed E-state index contributed by atoms with van der Waals surface area (Å²) in [6.45, 7) is 0. The van der Waals surface area contributed by atoms with E-state index in [1.54, 1.807) is 33.1 Å². The van der Waals surface area contributed by atoms with Gasteiger partial charge in [-0.3, -0.25) is 0 Å². The summed E-state index contributed by atoms with van der Waals surface area (Å²) in [6, 6.07) is 21.6. The Morgan fingerprint density at radius 3 is 2.26 bits per heavy atom. The lowest BCUT2D eigenvalue weighted by Crippen LogP contribution is -2.33. The average Bonchev–Trinajstić information content (AvgIpc) is 2.83. The highest BCUT2D eigenvalue weighted by atomic mass is 32.2. The van der Waals surface area contributed by atoms with Crippen LogP contribution >= 0.6 is 11.8 Å². The van der Waals surface area contributed by atoms with E-state index in [4.69, 9.17) is 18.9 Å². The monoisotopic (exact) mass is 438 g/mol. The van der Waals surface area contributed by atoms with Crippen LogP contribution in [0.15, 0.2) is 66.7 Å². The Kier molecular flexibility index (Phi) is 6.59. The maximum atomic E-state index is 11.4. The largest absolute Gasteiger partial charge is 0.497 e. The minimum Gasteiger partial charge on any atom is -0.497 e. The Morgan fingerprint density at radius 2 is 1.61 bits per heavy atom. The SMILES string of the molecule is COc1ccc([C@H]2Oc3c(ccc(OC)c3OC)[C@@H](SCc3ccccc3)[C@H]2O)cc1. The third-order valence-electron chi connectivity index (χ3n) is 5.42. The van der Waals surface area contributed by atoms with Crippen LogP contribution in [0.5, 0.6) is 23.0 Å². The molecule has 3 aromatic rings. The van der Waals surface area contributed by atoms with Crippen molar-refractivity contribution in [2.75, 3.05) is 21.3 Å². The molecule has 5 nitrogen and oxygen atoms in total. The van der Waals surface area contributed by atoms with Gasteiger partial charge >= 0.3 is 0 Å². The average molecular weight is 439 g/mol. The first kappa shape index (κ1) is 21.4. The van der Waals surface area contributed by atoms with Crippen LogP contribution in [-0.2, 0) is 5.75 Å². The second-order valence-electron chi connectivity index (χ2n) is 7.24. The van der Waals surface area contributed by atoms with E-state index in [0.29, 0.717) is 17.2 Å². The van der Waals surface area contributed by atoms with Gasteiger partial charge in [-0.2, -0.15) is 0 Å². The van der Waals surface area contributed by atoms with Crippen molar-refractivity contribution in [2.45, 2.75) is 23.2 Å². The van der Waals surface area contributed by atoms with Crippen LogP contribution in [0.4, 0.5) is 0 Å². The number of methoxy groups -OCH3 is 3. The van der Waals surface area contributed by atoms with Gasteiger partial charge in [0.1, 0.15) is 11.9 Å². The van der Waals surface area contributed by atoms with Crippen molar-refractivity contribution in [3.05, 3.63) is 83.4 Å². The summed E-state index contributed by atoms with van der Waals surface area (Å²) in [6.07, 6.45) is -1.29. The fourth-order valence-corrected chi connectivity index (χ4v) is 5.08. The maximum absolute atomic E-state index is 11.4. The molecule has 0 spiro atoms. The standard InChI is InChI=1S/C25H26O5S/c1-27-18-11-9-17(10-12-18)22-21(26)25(31-15-16-7-5-4-6-8-16)19-13-14-20(28-2)24(29-3)23(19)30-22/h4-14,21-22,25-26H,15H2,1-3H3/t21-,22+,25+/m0/s1. The highest BCUT2D eigenvalue weighted by molar-refractivity contribution is 7.98. The molecule has 4 rings (SSSR count). The van der Waals surface area contributed by atoms with Gasteiger partial charge in [-0.1, -0.05) is 48.5 Å². The molecule has 0 aromatic heterocycles. The van der Waals surface area contributed by atoms with Crippen LogP contribution < -0.4 is 18.9 Å². The zero-order chi connectivity index (χ0) is 21.8. The van der Waals surface area contributed by atoms with Gasteiger partial charge in [-0.05, 0) is 29.3 Å².